The van der Waals surface area contributed by atoms with Crippen molar-refractivity contribution < 1.29 is 4.79 Å². The first-order valence-corrected chi connectivity index (χ1v) is 6.32. The Balaban J connectivity index is 1.93. The molecule has 1 aromatic rings. The SMILES string of the molecule is Cc1cccc(CC(=O)N2CCN(S)CC2)c1. The molecule has 0 spiro atoms. The first-order valence-electron chi connectivity index (χ1n) is 5.92. The smallest absolute Gasteiger partial charge is 0.227 e. The van der Waals surface area contributed by atoms with Gasteiger partial charge in [-0.05, 0) is 12.5 Å². The Kier molecular flexibility index (Phi) is 4.07. The van der Waals surface area contributed by atoms with Crippen molar-refractivity contribution >= 4 is 18.7 Å². The molecule has 0 radical (unpaired) electrons. The summed E-state index contributed by atoms with van der Waals surface area (Å²) in [7, 11) is 0. The van der Waals surface area contributed by atoms with Crippen LogP contribution in [0.5, 0.6) is 0 Å². The molecular weight excluding hydrogens is 232 g/mol. The van der Waals surface area contributed by atoms with Crippen LogP contribution in [-0.4, -0.2) is 41.3 Å². The molecule has 0 bridgehead atoms. The Morgan fingerprint density at radius 2 is 2.00 bits per heavy atom. The van der Waals surface area contributed by atoms with Gasteiger partial charge in [0, 0.05) is 26.2 Å². The molecular formula is C13H18N2OS. The summed E-state index contributed by atoms with van der Waals surface area (Å²) in [4.78, 5) is 14.0. The Bertz CT molecular complexity index is 400. The zero-order valence-electron chi connectivity index (χ0n) is 10.1. The number of carbonyl (C=O) groups is 1. The van der Waals surface area contributed by atoms with E-state index in [-0.39, 0.29) is 5.91 Å². The second kappa shape index (κ2) is 5.56. The van der Waals surface area contributed by atoms with Crippen molar-refractivity contribution in [3.05, 3.63) is 35.4 Å². The Hall–Kier alpha value is -1.00. The predicted molar refractivity (Wildman–Crippen MR) is 72.0 cm³/mol. The van der Waals surface area contributed by atoms with E-state index < -0.39 is 0 Å². The van der Waals surface area contributed by atoms with Crippen LogP contribution in [0.2, 0.25) is 0 Å². The van der Waals surface area contributed by atoms with E-state index in [9.17, 15) is 4.79 Å². The number of hydrogen-bond acceptors (Lipinski definition) is 3. The lowest BCUT2D eigenvalue weighted by Crippen LogP contribution is -2.46. The molecule has 1 aromatic carbocycles. The number of aryl methyl sites for hydroxylation is 1. The Morgan fingerprint density at radius 1 is 1.29 bits per heavy atom. The third-order valence-corrected chi connectivity index (χ3v) is 3.45. The van der Waals surface area contributed by atoms with E-state index in [1.54, 1.807) is 0 Å². The van der Waals surface area contributed by atoms with Crippen molar-refractivity contribution in [3.8, 4) is 0 Å². The number of carbonyl (C=O) groups excluding carboxylic acids is 1. The molecule has 0 atom stereocenters. The van der Waals surface area contributed by atoms with Gasteiger partial charge < -0.3 is 4.90 Å². The second-order valence-electron chi connectivity index (χ2n) is 4.50. The lowest BCUT2D eigenvalue weighted by Gasteiger charge is -2.31. The summed E-state index contributed by atoms with van der Waals surface area (Å²) in [5.41, 5.74) is 2.30. The number of nitrogens with zero attached hydrogens (tertiary/aromatic N) is 2. The highest BCUT2D eigenvalue weighted by atomic mass is 32.1. The minimum Gasteiger partial charge on any atom is -0.340 e. The van der Waals surface area contributed by atoms with Gasteiger partial charge in [0.1, 0.15) is 0 Å². The van der Waals surface area contributed by atoms with Gasteiger partial charge in [0.05, 0.1) is 6.42 Å². The number of amides is 1. The molecule has 1 fully saturated rings. The zero-order chi connectivity index (χ0) is 12.3. The molecule has 1 saturated heterocycles. The van der Waals surface area contributed by atoms with Gasteiger partial charge in [0.2, 0.25) is 5.91 Å². The maximum Gasteiger partial charge on any atom is 0.227 e. The summed E-state index contributed by atoms with van der Waals surface area (Å²) in [6, 6.07) is 8.14. The van der Waals surface area contributed by atoms with Crippen LogP contribution in [0, 0.1) is 6.92 Å². The van der Waals surface area contributed by atoms with Crippen LogP contribution < -0.4 is 0 Å². The lowest BCUT2D eigenvalue weighted by atomic mass is 10.1. The highest BCUT2D eigenvalue weighted by Crippen LogP contribution is 2.09. The zero-order valence-corrected chi connectivity index (χ0v) is 11.0. The maximum absolute atomic E-state index is 12.1. The average molecular weight is 250 g/mol. The van der Waals surface area contributed by atoms with Crippen molar-refractivity contribution in [2.75, 3.05) is 26.2 Å². The molecule has 1 aliphatic rings. The van der Waals surface area contributed by atoms with Gasteiger partial charge in [-0.2, -0.15) is 0 Å². The first kappa shape index (κ1) is 12.5. The van der Waals surface area contributed by atoms with Crippen LogP contribution in [-0.2, 0) is 11.2 Å². The van der Waals surface area contributed by atoms with Gasteiger partial charge in [0.15, 0.2) is 0 Å². The molecule has 0 unspecified atom stereocenters. The molecule has 1 amide bonds. The summed E-state index contributed by atoms with van der Waals surface area (Å²) in [5.74, 6) is 0.219. The van der Waals surface area contributed by atoms with E-state index in [2.05, 4.69) is 18.9 Å². The third kappa shape index (κ3) is 3.48. The molecule has 1 aliphatic heterocycles. The average Bonchev–Trinajstić information content (AvgIpc) is 2.29. The molecule has 2 rings (SSSR count). The van der Waals surface area contributed by atoms with E-state index in [0.29, 0.717) is 6.42 Å². The van der Waals surface area contributed by atoms with Crippen molar-refractivity contribution in [2.24, 2.45) is 0 Å². The van der Waals surface area contributed by atoms with Crippen LogP contribution in [0.3, 0.4) is 0 Å². The predicted octanol–water partition coefficient (Wildman–Crippen LogP) is 1.53. The van der Waals surface area contributed by atoms with Gasteiger partial charge in [-0.3, -0.25) is 4.79 Å². The van der Waals surface area contributed by atoms with E-state index in [1.165, 1.54) is 5.56 Å². The molecule has 1 heterocycles. The third-order valence-electron chi connectivity index (χ3n) is 3.05. The van der Waals surface area contributed by atoms with Gasteiger partial charge in [-0.15, -0.1) is 0 Å². The summed E-state index contributed by atoms with van der Waals surface area (Å²) in [6.07, 6.45) is 0.508. The number of benzene rings is 1. The molecule has 0 aromatic heterocycles. The largest absolute Gasteiger partial charge is 0.340 e. The van der Waals surface area contributed by atoms with Crippen LogP contribution in [0.15, 0.2) is 24.3 Å². The minimum atomic E-state index is 0.219. The molecule has 4 heteroatoms. The fourth-order valence-electron chi connectivity index (χ4n) is 2.05. The molecule has 0 N–H and O–H groups in total. The second-order valence-corrected chi connectivity index (χ2v) is 5.07. The van der Waals surface area contributed by atoms with Crippen molar-refractivity contribution in [1.29, 1.82) is 0 Å². The normalized spacial score (nSPS) is 17.2. The summed E-state index contributed by atoms with van der Waals surface area (Å²) in [5, 5.41) is 0. The fourth-order valence-corrected chi connectivity index (χ4v) is 2.23. The highest BCUT2D eigenvalue weighted by molar-refractivity contribution is 7.77. The van der Waals surface area contributed by atoms with Crippen molar-refractivity contribution in [1.82, 2.24) is 9.21 Å². The standard InChI is InChI=1S/C13H18N2OS/c1-11-3-2-4-12(9-11)10-13(16)14-5-7-15(17)8-6-14/h2-4,9,17H,5-8,10H2,1H3. The number of thiol groups is 1. The van der Waals surface area contributed by atoms with Gasteiger partial charge in [0.25, 0.3) is 0 Å². The molecule has 17 heavy (non-hydrogen) atoms. The topological polar surface area (TPSA) is 23.6 Å². The summed E-state index contributed by atoms with van der Waals surface area (Å²) in [6.45, 7) is 5.32. The van der Waals surface area contributed by atoms with Crippen LogP contribution in [0.25, 0.3) is 0 Å². The van der Waals surface area contributed by atoms with Crippen LogP contribution in [0.4, 0.5) is 0 Å². The van der Waals surface area contributed by atoms with Crippen molar-refractivity contribution in [2.45, 2.75) is 13.3 Å². The quantitative estimate of drug-likeness (QED) is 0.805. The highest BCUT2D eigenvalue weighted by Gasteiger charge is 2.19. The number of hydrogen-bond donors (Lipinski definition) is 1. The van der Waals surface area contributed by atoms with Crippen molar-refractivity contribution in [3.63, 3.8) is 0 Å². The minimum absolute atomic E-state index is 0.219. The van der Waals surface area contributed by atoms with Gasteiger partial charge in [-0.1, -0.05) is 42.6 Å². The lowest BCUT2D eigenvalue weighted by molar-refractivity contribution is -0.131. The van der Waals surface area contributed by atoms with E-state index in [1.807, 2.05) is 34.3 Å². The van der Waals surface area contributed by atoms with E-state index in [0.717, 1.165) is 31.7 Å². The Morgan fingerprint density at radius 3 is 2.65 bits per heavy atom. The monoisotopic (exact) mass is 250 g/mol. The number of rotatable bonds is 2. The first-order chi connectivity index (χ1) is 8.15. The van der Waals surface area contributed by atoms with Gasteiger partial charge >= 0.3 is 0 Å². The number of piperazine rings is 1. The summed E-state index contributed by atoms with van der Waals surface area (Å²) >= 11 is 4.28. The van der Waals surface area contributed by atoms with E-state index >= 15 is 0 Å². The molecule has 3 nitrogen and oxygen atoms in total. The van der Waals surface area contributed by atoms with E-state index in [4.69, 9.17) is 0 Å². The van der Waals surface area contributed by atoms with Crippen LogP contribution in [0.1, 0.15) is 11.1 Å². The molecule has 0 aliphatic carbocycles. The summed E-state index contributed by atoms with van der Waals surface area (Å²) < 4.78 is 1.95. The fraction of sp³-hybridized carbons (Fsp3) is 0.462. The maximum atomic E-state index is 12.1. The molecule has 92 valence electrons. The van der Waals surface area contributed by atoms with Gasteiger partial charge in [-0.25, -0.2) is 4.31 Å². The Labute approximate surface area is 108 Å². The van der Waals surface area contributed by atoms with Crippen LogP contribution >= 0.6 is 12.8 Å². The molecule has 0 saturated carbocycles.